The summed E-state index contributed by atoms with van der Waals surface area (Å²) in [6.45, 7) is 2.24. The van der Waals surface area contributed by atoms with Gasteiger partial charge >= 0.3 is 0 Å². The van der Waals surface area contributed by atoms with E-state index in [1.807, 2.05) is 6.07 Å². The molecule has 0 amide bonds. The third kappa shape index (κ3) is 7.40. The van der Waals surface area contributed by atoms with Crippen LogP contribution in [-0.4, -0.2) is 0 Å². The Hall–Kier alpha value is -2.19. The Kier molecular flexibility index (Phi) is 9.38. The summed E-state index contributed by atoms with van der Waals surface area (Å²) in [5.41, 5.74) is 4.89. The molecular formula is C32H37ClF2. The number of benzene rings is 3. The number of halogens is 3. The van der Waals surface area contributed by atoms with E-state index >= 15 is 0 Å². The second-order valence-corrected chi connectivity index (χ2v) is 10.7. The molecule has 0 atom stereocenters. The summed E-state index contributed by atoms with van der Waals surface area (Å²) in [6, 6.07) is 19.0. The molecule has 0 aromatic heterocycles. The molecule has 1 aliphatic rings. The first kappa shape index (κ1) is 25.9. The minimum atomic E-state index is -0.524. The summed E-state index contributed by atoms with van der Waals surface area (Å²) < 4.78 is 28.5. The Balaban J connectivity index is 1.20. The van der Waals surface area contributed by atoms with Gasteiger partial charge in [-0.2, -0.15) is 0 Å². The Morgan fingerprint density at radius 1 is 0.686 bits per heavy atom. The van der Waals surface area contributed by atoms with Crippen molar-refractivity contribution in [3.8, 4) is 11.1 Å². The second kappa shape index (κ2) is 12.7. The molecule has 0 N–H and O–H groups in total. The van der Waals surface area contributed by atoms with Crippen molar-refractivity contribution < 1.29 is 8.78 Å². The van der Waals surface area contributed by atoms with Crippen molar-refractivity contribution in [3.05, 3.63) is 94.0 Å². The lowest BCUT2D eigenvalue weighted by atomic mass is 9.77. The largest absolute Gasteiger partial charge is 0.206 e. The van der Waals surface area contributed by atoms with Crippen LogP contribution in [0.1, 0.15) is 75.0 Å². The van der Waals surface area contributed by atoms with Gasteiger partial charge in [0.25, 0.3) is 0 Å². The zero-order valence-corrected chi connectivity index (χ0v) is 21.6. The molecule has 3 heteroatoms. The van der Waals surface area contributed by atoms with E-state index in [4.69, 9.17) is 11.6 Å². The predicted octanol–water partition coefficient (Wildman–Crippen LogP) is 10.00. The molecule has 0 unspecified atom stereocenters. The average molecular weight is 495 g/mol. The quantitative estimate of drug-likeness (QED) is 0.263. The van der Waals surface area contributed by atoms with Gasteiger partial charge in [-0.1, -0.05) is 93.1 Å². The third-order valence-electron chi connectivity index (χ3n) is 7.75. The molecule has 0 heterocycles. The van der Waals surface area contributed by atoms with Gasteiger partial charge in [-0.25, -0.2) is 8.78 Å². The maximum atomic E-state index is 14.7. The molecule has 0 saturated heterocycles. The van der Waals surface area contributed by atoms with Gasteiger partial charge in [0.05, 0.1) is 5.02 Å². The first-order chi connectivity index (χ1) is 17.0. The Bertz CT molecular complexity index is 1080. The highest BCUT2D eigenvalue weighted by Gasteiger charge is 2.21. The van der Waals surface area contributed by atoms with Gasteiger partial charge in [0, 0.05) is 5.56 Å². The molecule has 1 saturated carbocycles. The van der Waals surface area contributed by atoms with Crippen LogP contribution in [-0.2, 0) is 19.3 Å². The van der Waals surface area contributed by atoms with Crippen molar-refractivity contribution in [2.45, 2.75) is 77.6 Å². The molecule has 0 aliphatic heterocycles. The Labute approximate surface area is 214 Å². The Morgan fingerprint density at radius 2 is 1.26 bits per heavy atom. The summed E-state index contributed by atoms with van der Waals surface area (Å²) in [4.78, 5) is 0. The van der Waals surface area contributed by atoms with Crippen LogP contribution in [0.25, 0.3) is 11.1 Å². The molecule has 3 aromatic rings. The molecule has 0 nitrogen and oxygen atoms in total. The Morgan fingerprint density at radius 3 is 1.83 bits per heavy atom. The fourth-order valence-electron chi connectivity index (χ4n) is 5.42. The summed E-state index contributed by atoms with van der Waals surface area (Å²) in [6.07, 6.45) is 13.4. The molecule has 186 valence electrons. The van der Waals surface area contributed by atoms with E-state index < -0.39 is 5.82 Å². The standard InChI is InChI=1S/C32H37ClF2/c1-2-3-4-23-5-7-24(8-6-23)9-10-25-11-13-26(14-12-25)15-16-27-17-19-29(31(34)21-27)28-18-20-30(33)32(35)22-28/h5-8,17-22,25-26H,2-4,9-16H2,1H3/t25-,26-. The summed E-state index contributed by atoms with van der Waals surface area (Å²) >= 11 is 5.75. The maximum absolute atomic E-state index is 14.7. The molecule has 0 bridgehead atoms. The molecule has 3 aromatic carbocycles. The maximum Gasteiger partial charge on any atom is 0.142 e. The van der Waals surface area contributed by atoms with Gasteiger partial charge in [0.2, 0.25) is 0 Å². The van der Waals surface area contributed by atoms with Crippen molar-refractivity contribution in [2.24, 2.45) is 11.8 Å². The van der Waals surface area contributed by atoms with E-state index in [1.165, 1.54) is 81.0 Å². The van der Waals surface area contributed by atoms with Crippen LogP contribution in [0.2, 0.25) is 5.02 Å². The van der Waals surface area contributed by atoms with Crippen LogP contribution in [0.3, 0.4) is 0 Å². The van der Waals surface area contributed by atoms with Gasteiger partial charge in [0.15, 0.2) is 0 Å². The topological polar surface area (TPSA) is 0 Å². The molecule has 35 heavy (non-hydrogen) atoms. The number of aryl methyl sites for hydroxylation is 3. The zero-order chi connectivity index (χ0) is 24.6. The zero-order valence-electron chi connectivity index (χ0n) is 20.8. The van der Waals surface area contributed by atoms with E-state index in [0.717, 1.165) is 30.2 Å². The molecule has 1 aliphatic carbocycles. The van der Waals surface area contributed by atoms with Gasteiger partial charge in [-0.05, 0) is 90.8 Å². The first-order valence-corrected chi connectivity index (χ1v) is 13.7. The fraction of sp³-hybridized carbons (Fsp3) is 0.438. The molecule has 1 fully saturated rings. The molecule has 4 rings (SSSR count). The van der Waals surface area contributed by atoms with Gasteiger partial charge in [-0.3, -0.25) is 0 Å². The lowest BCUT2D eigenvalue weighted by Crippen LogP contribution is -2.15. The highest BCUT2D eigenvalue weighted by Crippen LogP contribution is 2.34. The van der Waals surface area contributed by atoms with Crippen LogP contribution < -0.4 is 0 Å². The first-order valence-electron chi connectivity index (χ1n) is 13.3. The monoisotopic (exact) mass is 494 g/mol. The van der Waals surface area contributed by atoms with E-state index in [9.17, 15) is 8.78 Å². The van der Waals surface area contributed by atoms with E-state index in [0.29, 0.717) is 11.1 Å². The van der Waals surface area contributed by atoms with E-state index in [2.05, 4.69) is 31.2 Å². The van der Waals surface area contributed by atoms with Crippen molar-refractivity contribution >= 4 is 11.6 Å². The summed E-state index contributed by atoms with van der Waals surface area (Å²) in [5.74, 6) is 0.745. The van der Waals surface area contributed by atoms with E-state index in [-0.39, 0.29) is 10.8 Å². The minimum Gasteiger partial charge on any atom is -0.206 e. The predicted molar refractivity (Wildman–Crippen MR) is 144 cm³/mol. The summed E-state index contributed by atoms with van der Waals surface area (Å²) in [7, 11) is 0. The second-order valence-electron chi connectivity index (χ2n) is 10.3. The highest BCUT2D eigenvalue weighted by atomic mass is 35.5. The van der Waals surface area contributed by atoms with Crippen LogP contribution >= 0.6 is 11.6 Å². The SMILES string of the molecule is CCCCc1ccc(CC[C@H]2CC[C@H](CCc3ccc(-c4ccc(Cl)c(F)c4)c(F)c3)CC2)cc1. The number of hydrogen-bond donors (Lipinski definition) is 0. The van der Waals surface area contributed by atoms with Gasteiger partial charge in [0.1, 0.15) is 11.6 Å². The van der Waals surface area contributed by atoms with Crippen molar-refractivity contribution in [1.29, 1.82) is 0 Å². The van der Waals surface area contributed by atoms with Crippen molar-refractivity contribution in [2.75, 3.05) is 0 Å². The summed E-state index contributed by atoms with van der Waals surface area (Å²) in [5, 5.41) is 0.0527. The average Bonchev–Trinajstić information content (AvgIpc) is 2.88. The number of rotatable bonds is 10. The number of hydrogen-bond acceptors (Lipinski definition) is 0. The van der Waals surface area contributed by atoms with Crippen molar-refractivity contribution in [1.82, 2.24) is 0 Å². The van der Waals surface area contributed by atoms with Crippen LogP contribution in [0, 0.1) is 23.5 Å². The number of unbranched alkanes of at least 4 members (excludes halogenated alkanes) is 1. The lowest BCUT2D eigenvalue weighted by molar-refractivity contribution is 0.253. The molecular weight excluding hydrogens is 458 g/mol. The third-order valence-corrected chi connectivity index (χ3v) is 8.06. The highest BCUT2D eigenvalue weighted by molar-refractivity contribution is 6.30. The smallest absolute Gasteiger partial charge is 0.142 e. The molecule has 0 radical (unpaired) electrons. The minimum absolute atomic E-state index is 0.0527. The lowest BCUT2D eigenvalue weighted by Gasteiger charge is -2.28. The van der Waals surface area contributed by atoms with Gasteiger partial charge < -0.3 is 0 Å². The molecule has 0 spiro atoms. The van der Waals surface area contributed by atoms with Crippen LogP contribution in [0.5, 0.6) is 0 Å². The van der Waals surface area contributed by atoms with Crippen molar-refractivity contribution in [3.63, 3.8) is 0 Å². The van der Waals surface area contributed by atoms with Crippen LogP contribution in [0.4, 0.5) is 8.78 Å². The van der Waals surface area contributed by atoms with E-state index in [1.54, 1.807) is 18.2 Å². The fourth-order valence-corrected chi connectivity index (χ4v) is 5.53. The van der Waals surface area contributed by atoms with Crippen LogP contribution in [0.15, 0.2) is 60.7 Å². The van der Waals surface area contributed by atoms with Gasteiger partial charge in [-0.15, -0.1) is 0 Å². The normalized spacial score (nSPS) is 18.1.